The maximum atomic E-state index is 9.43. The largest absolute Gasteiger partial charge is 0.304 e. The molecular formula is C6H8Cl2O2S. The van der Waals surface area contributed by atoms with E-state index in [1.54, 1.807) is 0 Å². The molecule has 0 saturated carbocycles. The number of carbonyl (C=O) groups is 2. The highest BCUT2D eigenvalue weighted by Gasteiger charge is 2.01. The summed E-state index contributed by atoms with van der Waals surface area (Å²) in [6.07, 6.45) is 2.93. The van der Waals surface area contributed by atoms with Crippen LogP contribution in [0.3, 0.4) is 0 Å². The van der Waals surface area contributed by atoms with E-state index >= 15 is 0 Å². The lowest BCUT2D eigenvalue weighted by molar-refractivity contribution is -0.127. The number of thioether (sulfide) groups is 1. The summed E-state index contributed by atoms with van der Waals surface area (Å²) >= 11 is 11.1. The second kappa shape index (κ2) is 6.95. The van der Waals surface area contributed by atoms with Crippen LogP contribution in [-0.4, -0.2) is 22.0 Å². The molecule has 1 aliphatic rings. The summed E-state index contributed by atoms with van der Waals surface area (Å²) in [6.45, 7) is 0. The maximum absolute atomic E-state index is 9.43. The standard InChI is InChI=1S/C4H8S.C2Cl2O2/c1-2-4-5-3-1;3-1(5)2(4)6/h1-4H2;. The first kappa shape index (κ1) is 11.3. The van der Waals surface area contributed by atoms with Gasteiger partial charge < -0.3 is 0 Å². The van der Waals surface area contributed by atoms with Gasteiger partial charge in [-0.3, -0.25) is 9.59 Å². The molecule has 1 heterocycles. The molecule has 0 unspecified atom stereocenters. The Morgan fingerprint density at radius 2 is 1.36 bits per heavy atom. The van der Waals surface area contributed by atoms with Crippen molar-refractivity contribution in [1.82, 2.24) is 0 Å². The second-order valence-corrected chi connectivity index (χ2v) is 3.78. The van der Waals surface area contributed by atoms with E-state index in [9.17, 15) is 9.59 Å². The Morgan fingerprint density at radius 1 is 1.00 bits per heavy atom. The van der Waals surface area contributed by atoms with Crippen LogP contribution in [0, 0.1) is 0 Å². The van der Waals surface area contributed by atoms with E-state index in [2.05, 4.69) is 35.0 Å². The second-order valence-electron chi connectivity index (χ2n) is 1.87. The molecular weight excluding hydrogens is 207 g/mol. The molecule has 0 aromatic carbocycles. The van der Waals surface area contributed by atoms with Crippen LogP contribution in [0.25, 0.3) is 0 Å². The van der Waals surface area contributed by atoms with Crippen molar-refractivity contribution in [2.75, 3.05) is 11.5 Å². The van der Waals surface area contributed by atoms with Crippen molar-refractivity contribution in [3.8, 4) is 0 Å². The molecule has 0 radical (unpaired) electrons. The van der Waals surface area contributed by atoms with Gasteiger partial charge in [-0.25, -0.2) is 0 Å². The number of hydrogen-bond donors (Lipinski definition) is 0. The van der Waals surface area contributed by atoms with Crippen molar-refractivity contribution in [3.05, 3.63) is 0 Å². The Labute approximate surface area is 79.6 Å². The fraction of sp³-hybridized carbons (Fsp3) is 0.667. The molecule has 0 aromatic heterocycles. The van der Waals surface area contributed by atoms with Gasteiger partial charge in [0.1, 0.15) is 0 Å². The Balaban J connectivity index is 0.000000183. The van der Waals surface area contributed by atoms with Crippen molar-refractivity contribution in [3.63, 3.8) is 0 Å². The van der Waals surface area contributed by atoms with E-state index in [0.29, 0.717) is 0 Å². The smallest absolute Gasteiger partial charge is 0.271 e. The third kappa shape index (κ3) is 8.17. The fourth-order valence-corrected chi connectivity index (χ4v) is 1.53. The number of hydrogen-bond acceptors (Lipinski definition) is 3. The summed E-state index contributed by atoms with van der Waals surface area (Å²) in [5, 5.41) is -2.28. The van der Waals surface area contributed by atoms with Crippen LogP contribution < -0.4 is 0 Å². The molecule has 0 N–H and O–H groups in total. The third-order valence-electron chi connectivity index (χ3n) is 0.982. The molecule has 0 aromatic rings. The van der Waals surface area contributed by atoms with Gasteiger partial charge in [-0.1, -0.05) is 0 Å². The Morgan fingerprint density at radius 3 is 1.45 bits per heavy atom. The normalized spacial score (nSPS) is 15.1. The van der Waals surface area contributed by atoms with Gasteiger partial charge >= 0.3 is 10.5 Å². The highest BCUT2D eigenvalue weighted by Crippen LogP contribution is 2.14. The van der Waals surface area contributed by atoms with Crippen LogP contribution in [0.2, 0.25) is 0 Å². The molecule has 0 atom stereocenters. The van der Waals surface area contributed by atoms with E-state index < -0.39 is 10.5 Å². The number of rotatable bonds is 1. The third-order valence-corrected chi connectivity index (χ3v) is 2.58. The number of halogens is 2. The van der Waals surface area contributed by atoms with E-state index in [1.165, 1.54) is 24.3 Å². The minimum Gasteiger partial charge on any atom is -0.271 e. The van der Waals surface area contributed by atoms with Gasteiger partial charge in [-0.05, 0) is 47.5 Å². The predicted octanol–water partition coefficient (Wildman–Crippen LogP) is 2.03. The zero-order valence-electron chi connectivity index (χ0n) is 5.81. The quantitative estimate of drug-likeness (QED) is 0.495. The molecule has 1 aliphatic heterocycles. The molecule has 0 bridgehead atoms. The lowest BCUT2D eigenvalue weighted by Gasteiger charge is -1.69. The molecule has 2 nitrogen and oxygen atoms in total. The fourth-order valence-electron chi connectivity index (χ4n) is 0.510. The van der Waals surface area contributed by atoms with Crippen LogP contribution in [0.5, 0.6) is 0 Å². The van der Waals surface area contributed by atoms with Crippen molar-refractivity contribution in [1.29, 1.82) is 0 Å². The molecule has 0 spiro atoms. The summed E-state index contributed by atoms with van der Waals surface area (Å²) < 4.78 is 0. The molecule has 11 heavy (non-hydrogen) atoms. The summed E-state index contributed by atoms with van der Waals surface area (Å²) in [5.41, 5.74) is 0. The first-order chi connectivity index (χ1) is 5.14. The SMILES string of the molecule is C1CCSC1.O=C(Cl)C(=O)Cl. The van der Waals surface area contributed by atoms with Gasteiger partial charge in [-0.2, -0.15) is 11.8 Å². The van der Waals surface area contributed by atoms with Crippen LogP contribution >= 0.6 is 35.0 Å². The number of carbonyl (C=O) groups excluding carboxylic acids is 2. The van der Waals surface area contributed by atoms with Gasteiger partial charge in [0.25, 0.3) is 0 Å². The molecule has 0 aliphatic carbocycles. The molecule has 64 valence electrons. The van der Waals surface area contributed by atoms with Crippen LogP contribution in [0.1, 0.15) is 12.8 Å². The Bertz CT molecular complexity index is 126. The highest BCUT2D eigenvalue weighted by molar-refractivity contribution is 7.99. The van der Waals surface area contributed by atoms with Crippen molar-refractivity contribution in [2.24, 2.45) is 0 Å². The lowest BCUT2D eigenvalue weighted by Crippen LogP contribution is -1.94. The Hall–Kier alpha value is 0.270. The molecule has 1 rings (SSSR count). The maximum Gasteiger partial charge on any atom is 0.304 e. The molecule has 0 amide bonds. The zero-order valence-corrected chi connectivity index (χ0v) is 8.14. The summed E-state index contributed by atoms with van der Waals surface area (Å²) in [5.74, 6) is 2.83. The van der Waals surface area contributed by atoms with Gasteiger partial charge in [0.05, 0.1) is 0 Å². The van der Waals surface area contributed by atoms with Gasteiger partial charge in [-0.15, -0.1) is 0 Å². The van der Waals surface area contributed by atoms with Crippen LogP contribution in [-0.2, 0) is 9.59 Å². The summed E-state index contributed by atoms with van der Waals surface area (Å²) in [4.78, 5) is 18.9. The van der Waals surface area contributed by atoms with Gasteiger partial charge in [0.2, 0.25) is 0 Å². The van der Waals surface area contributed by atoms with E-state index in [1.807, 2.05) is 0 Å². The minimum absolute atomic E-state index is 1.14. The zero-order chi connectivity index (χ0) is 8.69. The van der Waals surface area contributed by atoms with Crippen LogP contribution in [0.15, 0.2) is 0 Å². The van der Waals surface area contributed by atoms with Gasteiger partial charge in [0, 0.05) is 0 Å². The first-order valence-corrected chi connectivity index (χ1v) is 5.02. The van der Waals surface area contributed by atoms with E-state index in [4.69, 9.17) is 0 Å². The average molecular weight is 215 g/mol. The van der Waals surface area contributed by atoms with Crippen molar-refractivity contribution >= 4 is 45.4 Å². The predicted molar refractivity (Wildman–Crippen MR) is 48.3 cm³/mol. The topological polar surface area (TPSA) is 34.1 Å². The molecule has 1 fully saturated rings. The molecule has 5 heteroatoms. The monoisotopic (exact) mass is 214 g/mol. The van der Waals surface area contributed by atoms with Crippen molar-refractivity contribution in [2.45, 2.75) is 12.8 Å². The van der Waals surface area contributed by atoms with E-state index in [0.717, 1.165) is 0 Å². The minimum atomic E-state index is -1.14. The first-order valence-electron chi connectivity index (χ1n) is 3.11. The highest BCUT2D eigenvalue weighted by atomic mass is 35.5. The summed E-state index contributed by atoms with van der Waals surface area (Å²) in [7, 11) is 0. The Kier molecular flexibility index (Phi) is 7.12. The average Bonchev–Trinajstić information content (AvgIpc) is 2.41. The molecule has 1 saturated heterocycles. The van der Waals surface area contributed by atoms with Crippen molar-refractivity contribution < 1.29 is 9.59 Å². The van der Waals surface area contributed by atoms with E-state index in [-0.39, 0.29) is 0 Å². The van der Waals surface area contributed by atoms with Gasteiger partial charge in [0.15, 0.2) is 0 Å². The van der Waals surface area contributed by atoms with Crippen LogP contribution in [0.4, 0.5) is 0 Å². The summed E-state index contributed by atoms with van der Waals surface area (Å²) in [6, 6.07) is 0. The lowest BCUT2D eigenvalue weighted by atomic mass is 10.4.